The van der Waals surface area contributed by atoms with Crippen molar-refractivity contribution in [2.45, 2.75) is 78.3 Å². The number of nitrogens with one attached hydrogen (secondary N) is 1. The van der Waals surface area contributed by atoms with Crippen molar-refractivity contribution in [3.63, 3.8) is 0 Å². The Morgan fingerprint density at radius 1 is 1.05 bits per heavy atom. The van der Waals surface area contributed by atoms with Crippen molar-refractivity contribution in [3.05, 3.63) is 0 Å². The molecule has 0 aromatic carbocycles. The highest BCUT2D eigenvalue weighted by atomic mass is 16.2. The van der Waals surface area contributed by atoms with Crippen LogP contribution in [0.4, 0.5) is 0 Å². The summed E-state index contributed by atoms with van der Waals surface area (Å²) in [4.78, 5) is 27.2. The van der Waals surface area contributed by atoms with Crippen LogP contribution < -0.4 is 5.32 Å². The van der Waals surface area contributed by atoms with Gasteiger partial charge in [-0.3, -0.25) is 9.59 Å². The summed E-state index contributed by atoms with van der Waals surface area (Å²) < 4.78 is 0. The average Bonchev–Trinajstić information content (AvgIpc) is 2.43. The van der Waals surface area contributed by atoms with Crippen LogP contribution in [0.5, 0.6) is 0 Å². The van der Waals surface area contributed by atoms with Crippen molar-refractivity contribution >= 4 is 11.8 Å². The van der Waals surface area contributed by atoms with E-state index in [-0.39, 0.29) is 11.8 Å². The van der Waals surface area contributed by atoms with E-state index in [0.717, 1.165) is 12.8 Å². The van der Waals surface area contributed by atoms with Gasteiger partial charge in [-0.25, -0.2) is 0 Å². The Bertz CT molecular complexity index is 369. The van der Waals surface area contributed by atoms with Crippen LogP contribution in [0.3, 0.4) is 0 Å². The molecule has 1 fully saturated rings. The molecular weight excluding hydrogens is 252 g/mol. The number of hydrogen-bond donors (Lipinski definition) is 1. The Labute approximate surface area is 123 Å². The maximum Gasteiger partial charge on any atom is 0.249 e. The number of carbonyl (C=O) groups is 2. The number of amides is 2. The molecule has 0 spiro atoms. The largest absolute Gasteiger partial charge is 0.340 e. The molecule has 1 saturated heterocycles. The SMILES string of the molecule is CCC(CC)CN1C(=O)C(CC)(CC)NC(=O)C1(C)C. The van der Waals surface area contributed by atoms with E-state index in [9.17, 15) is 9.59 Å². The first kappa shape index (κ1) is 17.0. The predicted octanol–water partition coefficient (Wildman–Crippen LogP) is 2.72. The first-order valence-corrected chi connectivity index (χ1v) is 7.93. The highest BCUT2D eigenvalue weighted by Crippen LogP contribution is 2.31. The van der Waals surface area contributed by atoms with Gasteiger partial charge in [0.05, 0.1) is 0 Å². The number of rotatable bonds is 6. The van der Waals surface area contributed by atoms with E-state index in [1.807, 2.05) is 32.6 Å². The van der Waals surface area contributed by atoms with E-state index in [1.54, 1.807) is 0 Å². The zero-order valence-corrected chi connectivity index (χ0v) is 13.9. The molecule has 1 N–H and O–H groups in total. The van der Waals surface area contributed by atoms with Crippen LogP contribution in [0.2, 0.25) is 0 Å². The molecule has 1 aliphatic rings. The van der Waals surface area contributed by atoms with Gasteiger partial charge >= 0.3 is 0 Å². The minimum Gasteiger partial charge on any atom is -0.340 e. The fourth-order valence-electron chi connectivity index (χ4n) is 2.90. The molecule has 4 heteroatoms. The van der Waals surface area contributed by atoms with E-state index >= 15 is 0 Å². The fraction of sp³-hybridized carbons (Fsp3) is 0.875. The van der Waals surface area contributed by atoms with Gasteiger partial charge in [-0.15, -0.1) is 0 Å². The van der Waals surface area contributed by atoms with Gasteiger partial charge in [0.25, 0.3) is 0 Å². The molecule has 1 rings (SSSR count). The van der Waals surface area contributed by atoms with Gasteiger partial charge < -0.3 is 10.2 Å². The van der Waals surface area contributed by atoms with Crippen LogP contribution in [-0.2, 0) is 9.59 Å². The van der Waals surface area contributed by atoms with Crippen molar-refractivity contribution in [2.24, 2.45) is 5.92 Å². The van der Waals surface area contributed by atoms with Crippen LogP contribution in [0.1, 0.15) is 67.2 Å². The summed E-state index contributed by atoms with van der Waals surface area (Å²) in [5, 5.41) is 2.98. The molecule has 4 nitrogen and oxygen atoms in total. The molecule has 0 aromatic rings. The Morgan fingerprint density at radius 2 is 1.55 bits per heavy atom. The summed E-state index contributed by atoms with van der Waals surface area (Å²) in [6, 6.07) is 0. The molecule has 116 valence electrons. The molecule has 0 radical (unpaired) electrons. The third kappa shape index (κ3) is 2.70. The number of nitrogens with zero attached hydrogens (tertiary/aromatic N) is 1. The summed E-state index contributed by atoms with van der Waals surface area (Å²) in [5.41, 5.74) is -1.47. The molecule has 1 aliphatic heterocycles. The Morgan fingerprint density at radius 3 is 1.95 bits per heavy atom. The van der Waals surface area contributed by atoms with E-state index in [2.05, 4.69) is 19.2 Å². The van der Waals surface area contributed by atoms with E-state index < -0.39 is 11.1 Å². The molecule has 0 aromatic heterocycles. The molecular formula is C16H30N2O2. The zero-order valence-electron chi connectivity index (χ0n) is 13.9. The van der Waals surface area contributed by atoms with Gasteiger partial charge in [0.2, 0.25) is 11.8 Å². The van der Waals surface area contributed by atoms with Crippen LogP contribution in [0.25, 0.3) is 0 Å². The van der Waals surface area contributed by atoms with Crippen molar-refractivity contribution in [3.8, 4) is 0 Å². The van der Waals surface area contributed by atoms with Gasteiger partial charge in [0.1, 0.15) is 11.1 Å². The van der Waals surface area contributed by atoms with Gasteiger partial charge in [-0.2, -0.15) is 0 Å². The Hall–Kier alpha value is -1.06. The first-order valence-electron chi connectivity index (χ1n) is 7.93. The Balaban J connectivity index is 3.14. The van der Waals surface area contributed by atoms with Crippen LogP contribution >= 0.6 is 0 Å². The molecule has 2 amide bonds. The Kier molecular flexibility index (Phi) is 5.22. The second-order valence-electron chi connectivity index (χ2n) is 6.40. The minimum absolute atomic E-state index is 0.0354. The monoisotopic (exact) mass is 282 g/mol. The molecule has 0 unspecified atom stereocenters. The molecule has 0 saturated carbocycles. The summed E-state index contributed by atoms with van der Waals surface area (Å²) in [5.74, 6) is 0.501. The van der Waals surface area contributed by atoms with Gasteiger partial charge in [-0.1, -0.05) is 40.5 Å². The molecule has 0 bridgehead atoms. The smallest absolute Gasteiger partial charge is 0.249 e. The predicted molar refractivity (Wildman–Crippen MR) is 81.3 cm³/mol. The zero-order chi connectivity index (χ0) is 15.6. The third-order valence-electron chi connectivity index (χ3n) is 5.04. The van der Waals surface area contributed by atoms with Crippen molar-refractivity contribution in [2.75, 3.05) is 6.54 Å². The van der Waals surface area contributed by atoms with E-state index in [0.29, 0.717) is 25.3 Å². The van der Waals surface area contributed by atoms with E-state index in [4.69, 9.17) is 0 Å². The van der Waals surface area contributed by atoms with Crippen molar-refractivity contribution in [1.29, 1.82) is 0 Å². The summed E-state index contributed by atoms with van der Waals surface area (Å²) in [6.45, 7) is 12.6. The standard InChI is InChI=1S/C16H30N2O2/c1-7-12(8-2)11-18-14(20)16(9-3,10-4)17-13(19)15(18,5)6/h12H,7-11H2,1-6H3,(H,17,19). The van der Waals surface area contributed by atoms with Crippen LogP contribution in [0, 0.1) is 5.92 Å². The molecule has 20 heavy (non-hydrogen) atoms. The summed E-state index contributed by atoms with van der Waals surface area (Å²) in [6.07, 6.45) is 3.35. The number of hydrogen-bond acceptors (Lipinski definition) is 2. The summed E-state index contributed by atoms with van der Waals surface area (Å²) >= 11 is 0. The first-order chi connectivity index (χ1) is 9.28. The maximum absolute atomic E-state index is 12.9. The lowest BCUT2D eigenvalue weighted by molar-refractivity contribution is -0.162. The van der Waals surface area contributed by atoms with E-state index in [1.165, 1.54) is 0 Å². The van der Waals surface area contributed by atoms with Crippen LogP contribution in [0.15, 0.2) is 0 Å². The lowest BCUT2D eigenvalue weighted by atomic mass is 9.82. The quantitative estimate of drug-likeness (QED) is 0.814. The molecule has 1 heterocycles. The number of piperazine rings is 1. The maximum atomic E-state index is 12.9. The minimum atomic E-state index is -0.756. The molecule has 0 atom stereocenters. The topological polar surface area (TPSA) is 49.4 Å². The lowest BCUT2D eigenvalue weighted by Gasteiger charge is -2.50. The third-order valence-corrected chi connectivity index (χ3v) is 5.04. The second-order valence-corrected chi connectivity index (χ2v) is 6.40. The van der Waals surface area contributed by atoms with Gasteiger partial charge in [-0.05, 0) is 32.6 Å². The second kappa shape index (κ2) is 6.15. The number of carbonyl (C=O) groups excluding carboxylic acids is 2. The normalized spacial score (nSPS) is 21.2. The highest BCUT2D eigenvalue weighted by molar-refractivity contribution is 6.01. The van der Waals surface area contributed by atoms with Crippen LogP contribution in [-0.4, -0.2) is 34.3 Å². The average molecular weight is 282 g/mol. The van der Waals surface area contributed by atoms with Crippen molar-refractivity contribution < 1.29 is 9.59 Å². The summed E-state index contributed by atoms with van der Waals surface area (Å²) in [7, 11) is 0. The van der Waals surface area contributed by atoms with Crippen molar-refractivity contribution in [1.82, 2.24) is 10.2 Å². The van der Waals surface area contributed by atoms with Gasteiger partial charge in [0.15, 0.2) is 0 Å². The van der Waals surface area contributed by atoms with Gasteiger partial charge in [0, 0.05) is 6.54 Å². The molecule has 0 aliphatic carbocycles. The lowest BCUT2D eigenvalue weighted by Crippen LogP contribution is -2.74. The highest BCUT2D eigenvalue weighted by Gasteiger charge is 2.52. The fourth-order valence-corrected chi connectivity index (χ4v) is 2.90.